The van der Waals surface area contributed by atoms with Gasteiger partial charge in [0.2, 0.25) is 5.90 Å². The number of methoxy groups -OCH3 is 1. The van der Waals surface area contributed by atoms with Gasteiger partial charge in [-0.2, -0.15) is 0 Å². The minimum Gasteiger partial charge on any atom is -0.480 e. The van der Waals surface area contributed by atoms with Crippen LogP contribution in [0.1, 0.15) is 11.3 Å². The van der Waals surface area contributed by atoms with Crippen LogP contribution in [0.3, 0.4) is 0 Å². The monoisotopic (exact) mass is 241 g/mol. The van der Waals surface area contributed by atoms with Crippen LogP contribution in [0.25, 0.3) is 0 Å². The molecule has 0 fully saturated rings. The summed E-state index contributed by atoms with van der Waals surface area (Å²) >= 11 is 0. The van der Waals surface area contributed by atoms with E-state index in [0.29, 0.717) is 12.2 Å². The molecule has 2 rings (SSSR count). The Morgan fingerprint density at radius 1 is 1.28 bits per heavy atom. The highest BCUT2D eigenvalue weighted by atomic mass is 16.5. The Balaban J connectivity index is 2.04. The summed E-state index contributed by atoms with van der Waals surface area (Å²) in [6.07, 6.45) is 1.69. The molecule has 18 heavy (non-hydrogen) atoms. The summed E-state index contributed by atoms with van der Waals surface area (Å²) < 4.78 is 4.85. The molecule has 1 aromatic carbocycles. The van der Waals surface area contributed by atoms with E-state index in [1.54, 1.807) is 6.20 Å². The molecule has 0 saturated carbocycles. The Hall–Kier alpha value is -2.36. The lowest BCUT2D eigenvalue weighted by atomic mass is 10.2. The van der Waals surface area contributed by atoms with Crippen LogP contribution in [0, 0.1) is 5.41 Å². The van der Waals surface area contributed by atoms with Crippen molar-refractivity contribution < 1.29 is 4.74 Å². The van der Waals surface area contributed by atoms with Crippen molar-refractivity contribution in [3.8, 4) is 0 Å². The number of benzene rings is 1. The summed E-state index contributed by atoms with van der Waals surface area (Å²) in [5.74, 6) is 0.0801. The number of nitrogens with one attached hydrogen (secondary N) is 2. The minimum absolute atomic E-state index is 0.0801. The lowest BCUT2D eigenvalue weighted by molar-refractivity contribution is 0.399. The SMILES string of the molecule is COC(=N)c1cc(CNc2ccccc2)ccn1. The third kappa shape index (κ3) is 3.07. The molecule has 4 heteroatoms. The van der Waals surface area contributed by atoms with E-state index < -0.39 is 0 Å². The second-order valence-electron chi connectivity index (χ2n) is 3.80. The lowest BCUT2D eigenvalue weighted by Gasteiger charge is -2.07. The van der Waals surface area contributed by atoms with Gasteiger partial charge in [-0.1, -0.05) is 18.2 Å². The molecule has 2 N–H and O–H groups in total. The Morgan fingerprint density at radius 2 is 2.06 bits per heavy atom. The molecule has 0 amide bonds. The Labute approximate surface area is 106 Å². The van der Waals surface area contributed by atoms with Gasteiger partial charge in [-0.15, -0.1) is 0 Å². The highest BCUT2D eigenvalue weighted by molar-refractivity contribution is 5.89. The first-order chi connectivity index (χ1) is 8.79. The smallest absolute Gasteiger partial charge is 0.232 e. The molecule has 0 unspecified atom stereocenters. The van der Waals surface area contributed by atoms with E-state index >= 15 is 0 Å². The van der Waals surface area contributed by atoms with Gasteiger partial charge in [0.1, 0.15) is 5.69 Å². The Bertz CT molecular complexity index is 526. The highest BCUT2D eigenvalue weighted by Crippen LogP contribution is 2.09. The molecule has 4 nitrogen and oxygen atoms in total. The van der Waals surface area contributed by atoms with Gasteiger partial charge < -0.3 is 10.1 Å². The summed E-state index contributed by atoms with van der Waals surface area (Å²) in [6.45, 7) is 0.691. The summed E-state index contributed by atoms with van der Waals surface area (Å²) in [5, 5.41) is 10.9. The average molecular weight is 241 g/mol. The molecule has 0 radical (unpaired) electrons. The van der Waals surface area contributed by atoms with E-state index in [9.17, 15) is 0 Å². The van der Waals surface area contributed by atoms with Crippen LogP contribution < -0.4 is 5.32 Å². The summed E-state index contributed by atoms with van der Waals surface area (Å²) in [7, 11) is 1.47. The highest BCUT2D eigenvalue weighted by Gasteiger charge is 2.03. The topological polar surface area (TPSA) is 58.0 Å². The first kappa shape index (κ1) is 12.1. The van der Waals surface area contributed by atoms with Gasteiger partial charge >= 0.3 is 0 Å². The predicted molar refractivity (Wildman–Crippen MR) is 71.8 cm³/mol. The van der Waals surface area contributed by atoms with Gasteiger partial charge in [0.15, 0.2) is 0 Å². The number of nitrogens with zero attached hydrogens (tertiary/aromatic N) is 1. The van der Waals surface area contributed by atoms with Crippen molar-refractivity contribution in [1.29, 1.82) is 5.41 Å². The van der Waals surface area contributed by atoms with E-state index in [1.807, 2.05) is 42.5 Å². The number of anilines is 1. The average Bonchev–Trinajstić information content (AvgIpc) is 2.45. The number of rotatable bonds is 4. The molecule has 0 saturated heterocycles. The van der Waals surface area contributed by atoms with Crippen molar-refractivity contribution in [3.05, 3.63) is 59.9 Å². The van der Waals surface area contributed by atoms with Crippen LogP contribution >= 0.6 is 0 Å². The third-order valence-corrected chi connectivity index (χ3v) is 2.53. The standard InChI is InChI=1S/C14H15N3O/c1-18-14(15)13-9-11(7-8-16-13)10-17-12-5-3-2-4-6-12/h2-9,15,17H,10H2,1H3. The van der Waals surface area contributed by atoms with Crippen LogP contribution in [-0.2, 0) is 11.3 Å². The van der Waals surface area contributed by atoms with E-state index in [2.05, 4.69) is 10.3 Å². The van der Waals surface area contributed by atoms with Crippen molar-refractivity contribution >= 4 is 11.6 Å². The van der Waals surface area contributed by atoms with Gasteiger partial charge in [0.05, 0.1) is 7.11 Å². The second kappa shape index (κ2) is 5.82. The van der Waals surface area contributed by atoms with Gasteiger partial charge in [-0.3, -0.25) is 10.4 Å². The molecule has 0 spiro atoms. The molecule has 0 aliphatic carbocycles. The van der Waals surface area contributed by atoms with Crippen molar-refractivity contribution in [2.24, 2.45) is 0 Å². The Kier molecular flexibility index (Phi) is 3.91. The first-order valence-electron chi connectivity index (χ1n) is 5.66. The van der Waals surface area contributed by atoms with E-state index in [0.717, 1.165) is 11.3 Å². The fourth-order valence-corrected chi connectivity index (χ4v) is 1.57. The second-order valence-corrected chi connectivity index (χ2v) is 3.80. The van der Waals surface area contributed by atoms with Gasteiger partial charge in [0, 0.05) is 18.4 Å². The molecule has 0 bridgehead atoms. The van der Waals surface area contributed by atoms with Crippen LogP contribution in [-0.4, -0.2) is 18.0 Å². The molecular weight excluding hydrogens is 226 g/mol. The number of para-hydroxylation sites is 1. The van der Waals surface area contributed by atoms with Crippen molar-refractivity contribution in [1.82, 2.24) is 4.98 Å². The minimum atomic E-state index is 0.0801. The van der Waals surface area contributed by atoms with Crippen molar-refractivity contribution in [3.63, 3.8) is 0 Å². The van der Waals surface area contributed by atoms with Crippen molar-refractivity contribution in [2.45, 2.75) is 6.54 Å². The van der Waals surface area contributed by atoms with E-state index in [4.69, 9.17) is 10.1 Å². The first-order valence-corrected chi connectivity index (χ1v) is 5.66. The largest absolute Gasteiger partial charge is 0.480 e. The molecule has 1 aromatic heterocycles. The van der Waals surface area contributed by atoms with Crippen LogP contribution in [0.2, 0.25) is 0 Å². The van der Waals surface area contributed by atoms with Gasteiger partial charge in [-0.05, 0) is 29.8 Å². The molecule has 0 atom stereocenters. The number of ether oxygens (including phenoxy) is 1. The molecule has 0 aliphatic rings. The molecule has 0 aliphatic heterocycles. The van der Waals surface area contributed by atoms with Gasteiger partial charge in [-0.25, -0.2) is 0 Å². The molecule has 1 heterocycles. The summed E-state index contributed by atoms with van der Waals surface area (Å²) in [4.78, 5) is 4.09. The van der Waals surface area contributed by atoms with Crippen molar-refractivity contribution in [2.75, 3.05) is 12.4 Å². The molecular formula is C14H15N3O. The van der Waals surface area contributed by atoms with Crippen LogP contribution in [0.5, 0.6) is 0 Å². The zero-order chi connectivity index (χ0) is 12.8. The zero-order valence-electron chi connectivity index (χ0n) is 10.2. The van der Waals surface area contributed by atoms with E-state index in [1.165, 1.54) is 7.11 Å². The van der Waals surface area contributed by atoms with Crippen LogP contribution in [0.4, 0.5) is 5.69 Å². The maximum atomic E-state index is 7.57. The zero-order valence-corrected chi connectivity index (χ0v) is 10.2. The predicted octanol–water partition coefficient (Wildman–Crippen LogP) is 2.67. The number of pyridine rings is 1. The normalized spacial score (nSPS) is 9.83. The molecule has 2 aromatic rings. The third-order valence-electron chi connectivity index (χ3n) is 2.53. The maximum Gasteiger partial charge on any atom is 0.232 e. The quantitative estimate of drug-likeness (QED) is 0.639. The number of hydrogen-bond acceptors (Lipinski definition) is 4. The summed E-state index contributed by atoms with van der Waals surface area (Å²) in [5.41, 5.74) is 2.67. The van der Waals surface area contributed by atoms with Crippen LogP contribution in [0.15, 0.2) is 48.7 Å². The van der Waals surface area contributed by atoms with E-state index in [-0.39, 0.29) is 5.90 Å². The number of hydrogen-bond donors (Lipinski definition) is 2. The van der Waals surface area contributed by atoms with Gasteiger partial charge in [0.25, 0.3) is 0 Å². The fourth-order valence-electron chi connectivity index (χ4n) is 1.57. The Morgan fingerprint density at radius 3 is 2.78 bits per heavy atom. The summed E-state index contributed by atoms with van der Waals surface area (Å²) in [6, 6.07) is 13.8. The fraction of sp³-hybridized carbons (Fsp3) is 0.143. The number of aromatic nitrogens is 1. The lowest BCUT2D eigenvalue weighted by Crippen LogP contribution is -2.06. The maximum absolute atomic E-state index is 7.57. The molecule has 92 valence electrons.